The molecule has 0 bridgehead atoms. The summed E-state index contributed by atoms with van der Waals surface area (Å²) in [5, 5.41) is 7.21. The van der Waals surface area contributed by atoms with Gasteiger partial charge in [0, 0.05) is 47.6 Å². The quantitative estimate of drug-likeness (QED) is 0.179. The summed E-state index contributed by atoms with van der Waals surface area (Å²) in [7, 11) is 0. The molecule has 4 nitrogen and oxygen atoms in total. The number of fused-ring (bicyclic) bond motifs is 7. The van der Waals surface area contributed by atoms with E-state index in [0.29, 0.717) is 17.6 Å². The fourth-order valence-corrected chi connectivity index (χ4v) is 9.06. The van der Waals surface area contributed by atoms with Gasteiger partial charge in [-0.25, -0.2) is 4.98 Å². The molecule has 0 fully saturated rings. The van der Waals surface area contributed by atoms with Crippen molar-refractivity contribution in [3.8, 4) is 51.0 Å². The molecule has 0 aliphatic carbocycles. The molecule has 3 heterocycles. The average molecular weight is 707 g/mol. The summed E-state index contributed by atoms with van der Waals surface area (Å²) < 4.78 is 4.83. The monoisotopic (exact) mass is 706 g/mol. The van der Waals surface area contributed by atoms with Gasteiger partial charge in [0.2, 0.25) is 5.95 Å². The Morgan fingerprint density at radius 2 is 0.944 bits per heavy atom. The van der Waals surface area contributed by atoms with Crippen molar-refractivity contribution in [1.82, 2.24) is 19.5 Å². The van der Waals surface area contributed by atoms with E-state index in [0.717, 1.165) is 49.4 Å². The first-order valence-corrected chi connectivity index (χ1v) is 18.9. The lowest BCUT2D eigenvalue weighted by molar-refractivity contribution is 0.954. The first-order valence-electron chi connectivity index (χ1n) is 18.1. The first-order chi connectivity index (χ1) is 26.8. The molecule has 0 saturated heterocycles. The SMILES string of the molecule is c1ccc(-c2ccc(-c3nc(-c4ccccc4)nc(-n4c5cc6ccccc6cc5c5cccc(-c6cccc7sc8ccccc8c67)c54)n3)cc2)cc1. The predicted octanol–water partition coefficient (Wildman–Crippen LogP) is 13.2. The number of aromatic nitrogens is 4. The van der Waals surface area contributed by atoms with Gasteiger partial charge in [0.1, 0.15) is 0 Å². The third-order valence-electron chi connectivity index (χ3n) is 10.5. The van der Waals surface area contributed by atoms with E-state index in [4.69, 9.17) is 15.0 Å². The molecule has 0 saturated carbocycles. The Labute approximate surface area is 315 Å². The lowest BCUT2D eigenvalue weighted by Gasteiger charge is -2.14. The molecule has 0 aliphatic rings. The van der Waals surface area contributed by atoms with Crippen LogP contribution in [0.3, 0.4) is 0 Å². The molecule has 0 radical (unpaired) electrons. The predicted molar refractivity (Wildman–Crippen MR) is 226 cm³/mol. The maximum atomic E-state index is 5.33. The van der Waals surface area contributed by atoms with E-state index in [2.05, 4.69) is 162 Å². The summed E-state index contributed by atoms with van der Waals surface area (Å²) in [6.45, 7) is 0. The summed E-state index contributed by atoms with van der Waals surface area (Å²) in [4.78, 5) is 15.7. The number of nitrogens with zero attached hydrogens (tertiary/aromatic N) is 4. The van der Waals surface area contributed by atoms with Gasteiger partial charge in [0.25, 0.3) is 0 Å². The minimum absolute atomic E-state index is 0.580. The van der Waals surface area contributed by atoms with Crippen LogP contribution in [-0.4, -0.2) is 19.5 Å². The zero-order valence-electron chi connectivity index (χ0n) is 29.0. The van der Waals surface area contributed by atoms with Crippen LogP contribution in [0.15, 0.2) is 182 Å². The normalized spacial score (nSPS) is 11.7. The summed E-state index contributed by atoms with van der Waals surface area (Å²) >= 11 is 1.84. The van der Waals surface area contributed by atoms with Crippen LogP contribution in [0.25, 0.3) is 104 Å². The molecule has 8 aromatic carbocycles. The van der Waals surface area contributed by atoms with Crippen molar-refractivity contribution in [2.75, 3.05) is 0 Å². The number of rotatable bonds is 5. The van der Waals surface area contributed by atoms with Crippen LogP contribution in [-0.2, 0) is 0 Å². The van der Waals surface area contributed by atoms with E-state index in [1.807, 2.05) is 35.6 Å². The number of para-hydroxylation sites is 1. The van der Waals surface area contributed by atoms with Gasteiger partial charge in [-0.2, -0.15) is 9.97 Å². The molecule has 0 atom stereocenters. The summed E-state index contributed by atoms with van der Waals surface area (Å²) in [6.07, 6.45) is 0. The molecule has 3 aromatic heterocycles. The average Bonchev–Trinajstić information content (AvgIpc) is 3.79. The van der Waals surface area contributed by atoms with Crippen molar-refractivity contribution in [1.29, 1.82) is 0 Å². The van der Waals surface area contributed by atoms with Gasteiger partial charge >= 0.3 is 0 Å². The molecule has 54 heavy (non-hydrogen) atoms. The Hall–Kier alpha value is -6.95. The fraction of sp³-hybridized carbons (Fsp3) is 0. The Morgan fingerprint density at radius 3 is 1.72 bits per heavy atom. The van der Waals surface area contributed by atoms with Gasteiger partial charge in [-0.05, 0) is 51.7 Å². The van der Waals surface area contributed by atoms with Gasteiger partial charge in [0.15, 0.2) is 11.6 Å². The molecule has 0 spiro atoms. The molecule has 0 amide bonds. The second-order valence-electron chi connectivity index (χ2n) is 13.6. The Balaban J connectivity index is 1.23. The smallest absolute Gasteiger partial charge is 0.238 e. The van der Waals surface area contributed by atoms with E-state index in [9.17, 15) is 0 Å². The van der Waals surface area contributed by atoms with Crippen molar-refractivity contribution in [2.24, 2.45) is 0 Å². The van der Waals surface area contributed by atoms with Crippen molar-refractivity contribution >= 4 is 64.1 Å². The lowest BCUT2D eigenvalue weighted by atomic mass is 9.97. The molecular weight excluding hydrogens is 677 g/mol. The fourth-order valence-electron chi connectivity index (χ4n) is 7.93. The molecule has 11 rings (SSSR count). The van der Waals surface area contributed by atoms with Gasteiger partial charge in [-0.3, -0.25) is 4.57 Å². The van der Waals surface area contributed by atoms with Crippen molar-refractivity contribution in [2.45, 2.75) is 0 Å². The highest BCUT2D eigenvalue weighted by Gasteiger charge is 2.22. The van der Waals surface area contributed by atoms with Crippen molar-refractivity contribution < 1.29 is 0 Å². The highest BCUT2D eigenvalue weighted by Crippen LogP contribution is 2.44. The van der Waals surface area contributed by atoms with Crippen molar-refractivity contribution in [3.05, 3.63) is 182 Å². The van der Waals surface area contributed by atoms with E-state index in [-0.39, 0.29) is 0 Å². The molecule has 252 valence electrons. The first kappa shape index (κ1) is 30.7. The van der Waals surface area contributed by atoms with E-state index >= 15 is 0 Å². The van der Waals surface area contributed by atoms with Gasteiger partial charge in [0.05, 0.1) is 11.0 Å². The minimum atomic E-state index is 0.580. The van der Waals surface area contributed by atoms with Crippen LogP contribution < -0.4 is 0 Å². The number of hydrogen-bond donors (Lipinski definition) is 0. The number of thiophene rings is 1. The van der Waals surface area contributed by atoms with E-state index in [1.54, 1.807) is 0 Å². The minimum Gasteiger partial charge on any atom is -0.277 e. The van der Waals surface area contributed by atoms with Crippen LogP contribution >= 0.6 is 11.3 Å². The summed E-state index contributed by atoms with van der Waals surface area (Å²) in [5.41, 5.74) is 8.63. The topological polar surface area (TPSA) is 43.6 Å². The van der Waals surface area contributed by atoms with Crippen molar-refractivity contribution in [3.63, 3.8) is 0 Å². The molecule has 0 aliphatic heterocycles. The second kappa shape index (κ2) is 12.3. The Bertz CT molecular complexity index is 3200. The van der Waals surface area contributed by atoms with Crippen LogP contribution in [0.1, 0.15) is 0 Å². The number of benzene rings is 8. The molecule has 11 aromatic rings. The largest absolute Gasteiger partial charge is 0.277 e. The standard InChI is InChI=1S/C49H30N4S/c1-3-13-31(14-4-1)32-25-27-34(28-26-32)48-50-47(33-15-5-2-6-16-33)51-49(52-48)53-42-30-36-18-8-7-17-35(36)29-41(42)39-22-11-21-38(46(39)53)37-20-12-24-44-45(37)40-19-9-10-23-43(40)54-44/h1-30H. The second-order valence-corrected chi connectivity index (χ2v) is 14.7. The van der Waals surface area contributed by atoms with Gasteiger partial charge in [-0.15, -0.1) is 11.3 Å². The maximum absolute atomic E-state index is 5.33. The van der Waals surface area contributed by atoms with Gasteiger partial charge < -0.3 is 0 Å². The highest BCUT2D eigenvalue weighted by molar-refractivity contribution is 7.25. The Morgan fingerprint density at radius 1 is 0.389 bits per heavy atom. The van der Waals surface area contributed by atoms with Crippen LogP contribution in [0.2, 0.25) is 0 Å². The van der Waals surface area contributed by atoms with Crippen LogP contribution in [0.5, 0.6) is 0 Å². The molecule has 5 heteroatoms. The van der Waals surface area contributed by atoms with Gasteiger partial charge in [-0.1, -0.05) is 158 Å². The zero-order valence-corrected chi connectivity index (χ0v) is 29.8. The molecular formula is C49H30N4S. The van der Waals surface area contributed by atoms with E-state index in [1.165, 1.54) is 36.7 Å². The zero-order chi connectivity index (χ0) is 35.6. The maximum Gasteiger partial charge on any atom is 0.238 e. The molecule has 0 unspecified atom stereocenters. The summed E-state index contributed by atoms with van der Waals surface area (Å²) in [6, 6.07) is 64.4. The molecule has 0 N–H and O–H groups in total. The number of hydrogen-bond acceptors (Lipinski definition) is 4. The van der Waals surface area contributed by atoms with Crippen LogP contribution in [0.4, 0.5) is 0 Å². The highest BCUT2D eigenvalue weighted by atomic mass is 32.1. The third kappa shape index (κ3) is 4.94. The summed E-state index contributed by atoms with van der Waals surface area (Å²) in [5.74, 6) is 1.83. The van der Waals surface area contributed by atoms with Crippen LogP contribution in [0, 0.1) is 0 Å². The van der Waals surface area contributed by atoms with E-state index < -0.39 is 0 Å². The lowest BCUT2D eigenvalue weighted by Crippen LogP contribution is -2.07. The third-order valence-corrected chi connectivity index (χ3v) is 11.6. The Kier molecular flexibility index (Phi) is 7.00.